The number of rotatable bonds is 4. The van der Waals surface area contributed by atoms with Crippen molar-refractivity contribution in [3.8, 4) is 0 Å². The molecular weight excluding hydrogens is 318 g/mol. The summed E-state index contributed by atoms with van der Waals surface area (Å²) in [5.74, 6) is 1.77. The van der Waals surface area contributed by atoms with Gasteiger partial charge in [0.1, 0.15) is 0 Å². The van der Waals surface area contributed by atoms with Gasteiger partial charge in [-0.1, -0.05) is 6.42 Å². The smallest absolute Gasteiger partial charge is 0.311 e. The molecular formula is C19H27N3O3. The van der Waals surface area contributed by atoms with Crippen molar-refractivity contribution >= 4 is 11.9 Å². The highest BCUT2D eigenvalue weighted by atomic mass is 16.5. The molecule has 0 unspecified atom stereocenters. The highest BCUT2D eigenvalue weighted by molar-refractivity contribution is 5.82. The van der Waals surface area contributed by atoms with Crippen LogP contribution in [0.4, 0.5) is 0 Å². The Morgan fingerprint density at radius 2 is 2.12 bits per heavy atom. The summed E-state index contributed by atoms with van der Waals surface area (Å²) in [6.07, 6.45) is 9.78. The minimum atomic E-state index is -0.300. The molecule has 1 aromatic rings. The minimum absolute atomic E-state index is 0.0750. The standard InChI is InChI=1S/C19H27N3O3/c1-21-10-15(9-20-21)18-16(5-6-17(23)22(18)2)19(24)25-11-14-8-12-3-4-13(14)7-12/h9-10,12-14,16,18H,3-8,11H2,1-2H3/t12-,13-,14-,16-,18+/m0/s1. The Kier molecular flexibility index (Phi) is 4.29. The van der Waals surface area contributed by atoms with Crippen LogP contribution in [0.3, 0.4) is 0 Å². The zero-order chi connectivity index (χ0) is 17.6. The fourth-order valence-electron chi connectivity index (χ4n) is 5.21. The lowest BCUT2D eigenvalue weighted by Gasteiger charge is -2.37. The molecule has 3 fully saturated rings. The normalized spacial score (nSPS) is 34.6. The van der Waals surface area contributed by atoms with Gasteiger partial charge < -0.3 is 9.64 Å². The lowest BCUT2D eigenvalue weighted by atomic mass is 9.85. The van der Waals surface area contributed by atoms with Crippen LogP contribution in [0.5, 0.6) is 0 Å². The van der Waals surface area contributed by atoms with Crippen molar-refractivity contribution in [3.05, 3.63) is 18.0 Å². The van der Waals surface area contributed by atoms with E-state index in [1.165, 1.54) is 25.7 Å². The van der Waals surface area contributed by atoms with E-state index in [4.69, 9.17) is 4.74 Å². The maximum Gasteiger partial charge on any atom is 0.311 e. The van der Waals surface area contributed by atoms with E-state index in [9.17, 15) is 9.59 Å². The highest BCUT2D eigenvalue weighted by Gasteiger charge is 2.43. The second-order valence-corrected chi connectivity index (χ2v) is 8.11. The van der Waals surface area contributed by atoms with E-state index in [-0.39, 0.29) is 23.8 Å². The van der Waals surface area contributed by atoms with Crippen LogP contribution in [-0.2, 0) is 21.4 Å². The molecule has 0 radical (unpaired) electrons. The van der Waals surface area contributed by atoms with Crippen LogP contribution in [0.2, 0.25) is 0 Å². The highest BCUT2D eigenvalue weighted by Crippen LogP contribution is 2.48. The summed E-state index contributed by atoms with van der Waals surface area (Å²) in [4.78, 5) is 26.7. The predicted molar refractivity (Wildman–Crippen MR) is 91.3 cm³/mol. The van der Waals surface area contributed by atoms with Crippen LogP contribution in [0.25, 0.3) is 0 Å². The number of piperidine rings is 1. The minimum Gasteiger partial charge on any atom is -0.465 e. The van der Waals surface area contributed by atoms with Crippen molar-refractivity contribution in [3.63, 3.8) is 0 Å². The first-order chi connectivity index (χ1) is 12.0. The molecule has 0 N–H and O–H groups in total. The molecule has 25 heavy (non-hydrogen) atoms. The van der Waals surface area contributed by atoms with Crippen molar-refractivity contribution < 1.29 is 14.3 Å². The molecule has 6 nitrogen and oxygen atoms in total. The second-order valence-electron chi connectivity index (χ2n) is 8.11. The molecule has 6 heteroatoms. The third-order valence-corrected chi connectivity index (χ3v) is 6.55. The number of amides is 1. The Balaban J connectivity index is 1.44. The van der Waals surface area contributed by atoms with Gasteiger partial charge in [-0.05, 0) is 43.4 Å². The number of esters is 1. The molecule has 1 amide bonds. The molecule has 1 saturated heterocycles. The molecule has 3 aliphatic rings. The summed E-state index contributed by atoms with van der Waals surface area (Å²) < 4.78 is 7.46. The zero-order valence-electron chi connectivity index (χ0n) is 15.1. The van der Waals surface area contributed by atoms with E-state index in [0.717, 1.165) is 17.4 Å². The molecule has 0 spiro atoms. The number of hydrogen-bond acceptors (Lipinski definition) is 4. The zero-order valence-corrected chi connectivity index (χ0v) is 15.1. The summed E-state index contributed by atoms with van der Waals surface area (Å²) in [6, 6.07) is -0.275. The Morgan fingerprint density at radius 1 is 1.28 bits per heavy atom. The molecule has 0 aromatic carbocycles. The quantitative estimate of drug-likeness (QED) is 0.786. The summed E-state index contributed by atoms with van der Waals surface area (Å²) in [5, 5.41) is 4.21. The number of nitrogens with zero attached hydrogens (tertiary/aromatic N) is 3. The van der Waals surface area contributed by atoms with Gasteiger partial charge in [0, 0.05) is 32.3 Å². The molecule has 2 heterocycles. The van der Waals surface area contributed by atoms with Crippen LogP contribution >= 0.6 is 0 Å². The van der Waals surface area contributed by atoms with Crippen LogP contribution in [0.1, 0.15) is 50.1 Å². The van der Waals surface area contributed by atoms with Gasteiger partial charge in [-0.15, -0.1) is 0 Å². The fourth-order valence-corrected chi connectivity index (χ4v) is 5.21. The van der Waals surface area contributed by atoms with E-state index in [1.807, 2.05) is 13.2 Å². The monoisotopic (exact) mass is 345 g/mol. The van der Waals surface area contributed by atoms with Crippen LogP contribution in [0, 0.1) is 23.7 Å². The van der Waals surface area contributed by atoms with Gasteiger partial charge in [0.15, 0.2) is 0 Å². The largest absolute Gasteiger partial charge is 0.465 e. The van der Waals surface area contributed by atoms with Gasteiger partial charge in [0.2, 0.25) is 5.91 Å². The molecule has 1 aliphatic heterocycles. The van der Waals surface area contributed by atoms with Gasteiger partial charge in [-0.2, -0.15) is 5.10 Å². The number of aryl methyl sites for hydroxylation is 1. The SMILES string of the molecule is CN1C(=O)CC[C@H](C(=O)OC[C@@H]2C[C@H]3CC[C@H]2C3)[C@H]1c1cnn(C)c1. The summed E-state index contributed by atoms with van der Waals surface area (Å²) in [6.45, 7) is 0.550. The summed E-state index contributed by atoms with van der Waals surface area (Å²) >= 11 is 0. The Labute approximate surface area is 148 Å². The molecule has 136 valence electrons. The maximum absolute atomic E-state index is 12.8. The summed E-state index contributed by atoms with van der Waals surface area (Å²) in [5.41, 5.74) is 0.903. The van der Waals surface area contributed by atoms with Crippen molar-refractivity contribution in [2.45, 2.75) is 44.6 Å². The number of fused-ring (bicyclic) bond motifs is 2. The van der Waals surface area contributed by atoms with Gasteiger partial charge in [-0.3, -0.25) is 14.3 Å². The van der Waals surface area contributed by atoms with Crippen molar-refractivity contribution in [1.29, 1.82) is 0 Å². The van der Waals surface area contributed by atoms with Gasteiger partial charge in [-0.25, -0.2) is 0 Å². The van der Waals surface area contributed by atoms with E-state index < -0.39 is 0 Å². The Morgan fingerprint density at radius 3 is 2.76 bits per heavy atom. The summed E-state index contributed by atoms with van der Waals surface area (Å²) in [7, 11) is 3.62. The third-order valence-electron chi connectivity index (χ3n) is 6.55. The topological polar surface area (TPSA) is 64.4 Å². The van der Waals surface area contributed by atoms with Gasteiger partial charge >= 0.3 is 5.97 Å². The number of carbonyl (C=O) groups is 2. The lowest BCUT2D eigenvalue weighted by Crippen LogP contribution is -2.43. The van der Waals surface area contributed by atoms with E-state index >= 15 is 0 Å². The second kappa shape index (κ2) is 6.46. The van der Waals surface area contributed by atoms with E-state index in [1.54, 1.807) is 22.8 Å². The number of carbonyl (C=O) groups excluding carboxylic acids is 2. The molecule has 4 rings (SSSR count). The first kappa shape index (κ1) is 16.6. The van der Waals surface area contributed by atoms with Gasteiger partial charge in [0.05, 0.1) is 24.8 Å². The maximum atomic E-state index is 12.8. The van der Waals surface area contributed by atoms with Crippen LogP contribution in [0.15, 0.2) is 12.4 Å². The third kappa shape index (κ3) is 3.07. The average molecular weight is 345 g/mol. The number of hydrogen-bond donors (Lipinski definition) is 0. The van der Waals surface area contributed by atoms with Crippen molar-refractivity contribution in [2.75, 3.05) is 13.7 Å². The Bertz CT molecular complexity index is 671. The molecule has 2 saturated carbocycles. The molecule has 1 aromatic heterocycles. The van der Waals surface area contributed by atoms with E-state index in [0.29, 0.717) is 25.4 Å². The first-order valence-electron chi connectivity index (χ1n) is 9.43. The predicted octanol–water partition coefficient (Wildman–Crippen LogP) is 2.31. The number of likely N-dealkylation sites (tertiary alicyclic amines) is 1. The fraction of sp³-hybridized carbons (Fsp3) is 0.737. The van der Waals surface area contributed by atoms with Crippen molar-refractivity contribution in [1.82, 2.24) is 14.7 Å². The van der Waals surface area contributed by atoms with Crippen LogP contribution in [-0.4, -0.2) is 40.2 Å². The average Bonchev–Trinajstić information content (AvgIpc) is 3.31. The van der Waals surface area contributed by atoms with Crippen LogP contribution < -0.4 is 0 Å². The lowest BCUT2D eigenvalue weighted by molar-refractivity contribution is -0.157. The Hall–Kier alpha value is -1.85. The first-order valence-corrected chi connectivity index (χ1v) is 9.43. The molecule has 2 bridgehead atoms. The van der Waals surface area contributed by atoms with Gasteiger partial charge in [0.25, 0.3) is 0 Å². The molecule has 5 atom stereocenters. The molecule has 2 aliphatic carbocycles. The number of aromatic nitrogens is 2. The number of ether oxygens (including phenoxy) is 1. The van der Waals surface area contributed by atoms with Crippen molar-refractivity contribution in [2.24, 2.45) is 30.7 Å². The van der Waals surface area contributed by atoms with E-state index in [2.05, 4.69) is 5.10 Å².